The van der Waals surface area contributed by atoms with Crippen LogP contribution in [0, 0.1) is 0 Å². The van der Waals surface area contributed by atoms with Crippen molar-refractivity contribution in [2.45, 2.75) is 4.90 Å². The molecule has 0 fully saturated rings. The second kappa shape index (κ2) is 7.54. The number of carboxylic acid groups (broad SMARTS) is 1. The standard InChI is InChI=1S/C15H11Cl2NO3S/c16-11-6-5-9(7-12(11)17)18-14(19)8-22-13-4-2-1-3-10(13)15(20)21/h1-7H,8H2,(H,18,19)(H,20,21)/p-1. The van der Waals surface area contributed by atoms with Crippen molar-refractivity contribution in [3.05, 3.63) is 58.1 Å². The molecule has 0 aliphatic heterocycles. The number of carbonyl (C=O) groups excluding carboxylic acids is 2. The average Bonchev–Trinajstić information content (AvgIpc) is 2.49. The van der Waals surface area contributed by atoms with Gasteiger partial charge in [-0.25, -0.2) is 0 Å². The smallest absolute Gasteiger partial charge is 0.234 e. The zero-order valence-corrected chi connectivity index (χ0v) is 13.5. The van der Waals surface area contributed by atoms with Crippen LogP contribution in [0.25, 0.3) is 0 Å². The Morgan fingerprint density at radius 3 is 2.50 bits per heavy atom. The quantitative estimate of drug-likeness (QED) is 0.837. The largest absolute Gasteiger partial charge is 0.545 e. The molecule has 2 rings (SSSR count). The summed E-state index contributed by atoms with van der Waals surface area (Å²) in [7, 11) is 0. The molecule has 114 valence electrons. The van der Waals surface area contributed by atoms with Crippen molar-refractivity contribution >= 4 is 52.5 Å². The fourth-order valence-corrected chi connectivity index (χ4v) is 2.81. The molecule has 2 aromatic rings. The van der Waals surface area contributed by atoms with E-state index in [4.69, 9.17) is 23.2 Å². The van der Waals surface area contributed by atoms with Crippen molar-refractivity contribution in [3.8, 4) is 0 Å². The Balaban J connectivity index is 1.98. The number of hydrogen-bond donors (Lipinski definition) is 1. The van der Waals surface area contributed by atoms with E-state index in [1.807, 2.05) is 0 Å². The first-order chi connectivity index (χ1) is 10.5. The molecule has 0 saturated heterocycles. The first-order valence-electron chi connectivity index (χ1n) is 6.15. The second-order valence-corrected chi connectivity index (χ2v) is 6.08. The van der Waals surface area contributed by atoms with E-state index in [1.165, 1.54) is 6.07 Å². The van der Waals surface area contributed by atoms with Crippen LogP contribution in [0.3, 0.4) is 0 Å². The summed E-state index contributed by atoms with van der Waals surface area (Å²) in [6.07, 6.45) is 0. The molecule has 4 nitrogen and oxygen atoms in total. The third-order valence-corrected chi connectivity index (χ3v) is 4.48. The number of anilines is 1. The van der Waals surface area contributed by atoms with Gasteiger partial charge in [0.05, 0.1) is 21.8 Å². The number of carboxylic acids is 1. The highest BCUT2D eigenvalue weighted by molar-refractivity contribution is 8.00. The van der Waals surface area contributed by atoms with Gasteiger partial charge >= 0.3 is 0 Å². The summed E-state index contributed by atoms with van der Waals surface area (Å²) < 4.78 is 0. The molecule has 2 aromatic carbocycles. The highest BCUT2D eigenvalue weighted by Gasteiger charge is 2.08. The van der Waals surface area contributed by atoms with Crippen molar-refractivity contribution in [2.75, 3.05) is 11.1 Å². The molecule has 0 spiro atoms. The van der Waals surface area contributed by atoms with E-state index in [1.54, 1.807) is 36.4 Å². The van der Waals surface area contributed by atoms with Crippen molar-refractivity contribution in [2.24, 2.45) is 0 Å². The summed E-state index contributed by atoms with van der Waals surface area (Å²) in [5.74, 6) is -1.49. The zero-order chi connectivity index (χ0) is 16.1. The van der Waals surface area contributed by atoms with Crippen LogP contribution in [0.1, 0.15) is 10.4 Å². The number of aromatic carboxylic acids is 1. The Labute approximate surface area is 141 Å². The van der Waals surface area contributed by atoms with E-state index in [-0.39, 0.29) is 17.2 Å². The average molecular weight is 355 g/mol. The summed E-state index contributed by atoms with van der Waals surface area (Å²) in [6.45, 7) is 0. The van der Waals surface area contributed by atoms with Crippen LogP contribution in [-0.4, -0.2) is 17.6 Å². The third-order valence-electron chi connectivity index (χ3n) is 2.67. The van der Waals surface area contributed by atoms with Crippen molar-refractivity contribution in [1.29, 1.82) is 0 Å². The van der Waals surface area contributed by atoms with Crippen LogP contribution in [-0.2, 0) is 4.79 Å². The predicted octanol–water partition coefficient (Wildman–Crippen LogP) is 3.09. The fraction of sp³-hybridized carbons (Fsp3) is 0.0667. The van der Waals surface area contributed by atoms with Crippen LogP contribution < -0.4 is 10.4 Å². The van der Waals surface area contributed by atoms with Gasteiger partial charge in [0, 0.05) is 16.1 Å². The van der Waals surface area contributed by atoms with Crippen LogP contribution in [0.4, 0.5) is 5.69 Å². The van der Waals surface area contributed by atoms with Crippen molar-refractivity contribution < 1.29 is 14.7 Å². The highest BCUT2D eigenvalue weighted by Crippen LogP contribution is 2.26. The second-order valence-electron chi connectivity index (χ2n) is 4.25. The summed E-state index contributed by atoms with van der Waals surface area (Å²) in [4.78, 5) is 23.3. The number of thioether (sulfide) groups is 1. The van der Waals surface area contributed by atoms with Gasteiger partial charge in [0.25, 0.3) is 0 Å². The molecular formula is C15H10Cl2NO3S-. The first kappa shape index (κ1) is 16.7. The summed E-state index contributed by atoms with van der Waals surface area (Å²) >= 11 is 12.8. The molecule has 0 aromatic heterocycles. The monoisotopic (exact) mass is 354 g/mol. The van der Waals surface area contributed by atoms with Crippen LogP contribution >= 0.6 is 35.0 Å². The van der Waals surface area contributed by atoms with Crippen molar-refractivity contribution in [3.63, 3.8) is 0 Å². The van der Waals surface area contributed by atoms with E-state index in [0.717, 1.165) is 11.8 Å². The van der Waals surface area contributed by atoms with Gasteiger partial charge in [-0.15, -0.1) is 11.8 Å². The minimum atomic E-state index is -1.27. The number of carbonyl (C=O) groups is 2. The maximum Gasteiger partial charge on any atom is 0.234 e. The summed E-state index contributed by atoms with van der Waals surface area (Å²) in [5, 5.41) is 14.4. The van der Waals surface area contributed by atoms with Crippen LogP contribution in [0.15, 0.2) is 47.4 Å². The number of hydrogen-bond acceptors (Lipinski definition) is 4. The van der Waals surface area contributed by atoms with E-state index in [0.29, 0.717) is 20.6 Å². The normalized spacial score (nSPS) is 10.3. The van der Waals surface area contributed by atoms with E-state index >= 15 is 0 Å². The lowest BCUT2D eigenvalue weighted by atomic mass is 10.2. The molecule has 0 bridgehead atoms. The van der Waals surface area contributed by atoms with Gasteiger partial charge in [-0.1, -0.05) is 41.4 Å². The number of nitrogens with one attached hydrogen (secondary N) is 1. The molecule has 1 N–H and O–H groups in total. The maximum atomic E-state index is 11.9. The Kier molecular flexibility index (Phi) is 5.71. The molecule has 22 heavy (non-hydrogen) atoms. The number of benzene rings is 2. The van der Waals surface area contributed by atoms with Gasteiger partial charge in [0.15, 0.2) is 0 Å². The molecule has 0 atom stereocenters. The van der Waals surface area contributed by atoms with Crippen LogP contribution in [0.2, 0.25) is 10.0 Å². The predicted molar refractivity (Wildman–Crippen MR) is 86.6 cm³/mol. The topological polar surface area (TPSA) is 69.2 Å². The molecule has 7 heteroatoms. The van der Waals surface area contributed by atoms with E-state index in [2.05, 4.69) is 5.32 Å². The Morgan fingerprint density at radius 2 is 1.82 bits per heavy atom. The van der Waals surface area contributed by atoms with Gasteiger partial charge in [0.1, 0.15) is 0 Å². The number of amides is 1. The maximum absolute atomic E-state index is 11.9. The lowest BCUT2D eigenvalue weighted by molar-refractivity contribution is -0.255. The third kappa shape index (κ3) is 4.40. The minimum absolute atomic E-state index is 0.0601. The molecule has 0 unspecified atom stereocenters. The SMILES string of the molecule is O=C(CSc1ccccc1C(=O)[O-])Nc1ccc(Cl)c(Cl)c1. The van der Waals surface area contributed by atoms with E-state index < -0.39 is 5.97 Å². The molecule has 0 saturated carbocycles. The fourth-order valence-electron chi connectivity index (χ4n) is 1.68. The van der Waals surface area contributed by atoms with Crippen molar-refractivity contribution in [1.82, 2.24) is 0 Å². The van der Waals surface area contributed by atoms with Gasteiger partial charge in [0.2, 0.25) is 5.91 Å². The van der Waals surface area contributed by atoms with Gasteiger partial charge < -0.3 is 15.2 Å². The molecule has 0 aliphatic rings. The first-order valence-corrected chi connectivity index (χ1v) is 7.89. The van der Waals surface area contributed by atoms with Crippen LogP contribution in [0.5, 0.6) is 0 Å². The summed E-state index contributed by atoms with van der Waals surface area (Å²) in [5.41, 5.74) is 0.586. The summed E-state index contributed by atoms with van der Waals surface area (Å²) in [6, 6.07) is 11.1. The minimum Gasteiger partial charge on any atom is -0.545 e. The zero-order valence-electron chi connectivity index (χ0n) is 11.1. The highest BCUT2D eigenvalue weighted by atomic mass is 35.5. The Hall–Kier alpha value is -1.69. The van der Waals surface area contributed by atoms with Gasteiger partial charge in [-0.3, -0.25) is 4.79 Å². The lowest BCUT2D eigenvalue weighted by Crippen LogP contribution is -2.23. The number of rotatable bonds is 5. The van der Waals surface area contributed by atoms with Gasteiger partial charge in [-0.2, -0.15) is 0 Å². The lowest BCUT2D eigenvalue weighted by Gasteiger charge is -2.10. The Bertz CT molecular complexity index is 722. The molecule has 0 radical (unpaired) electrons. The molecular weight excluding hydrogens is 345 g/mol. The molecule has 0 aliphatic carbocycles. The van der Waals surface area contributed by atoms with Gasteiger partial charge in [-0.05, 0) is 24.3 Å². The van der Waals surface area contributed by atoms with E-state index in [9.17, 15) is 14.7 Å². The molecule has 1 amide bonds. The number of halogens is 2. The molecule has 0 heterocycles. The Morgan fingerprint density at radius 1 is 1.09 bits per heavy atom.